The van der Waals surface area contributed by atoms with Crippen LogP contribution in [0.4, 0.5) is 5.82 Å². The fourth-order valence-electron chi connectivity index (χ4n) is 2.04. The molecule has 0 aliphatic heterocycles. The second kappa shape index (κ2) is 6.92. The Morgan fingerprint density at radius 1 is 1.29 bits per heavy atom. The number of amides is 1. The summed E-state index contributed by atoms with van der Waals surface area (Å²) in [5.74, 6) is 1.88. The Hall–Kier alpha value is -2.30. The summed E-state index contributed by atoms with van der Waals surface area (Å²) in [6.45, 7) is 5.01. The van der Waals surface area contributed by atoms with E-state index < -0.39 is 0 Å². The highest BCUT2D eigenvalue weighted by molar-refractivity contribution is 5.96. The van der Waals surface area contributed by atoms with Crippen LogP contribution in [0.3, 0.4) is 0 Å². The van der Waals surface area contributed by atoms with Crippen molar-refractivity contribution in [2.24, 2.45) is 5.92 Å². The van der Waals surface area contributed by atoms with E-state index in [1.807, 2.05) is 24.3 Å². The summed E-state index contributed by atoms with van der Waals surface area (Å²) in [6.07, 6.45) is 1.71. The van der Waals surface area contributed by atoms with Crippen LogP contribution >= 0.6 is 0 Å². The van der Waals surface area contributed by atoms with Gasteiger partial charge in [0, 0.05) is 23.5 Å². The summed E-state index contributed by atoms with van der Waals surface area (Å²) in [7, 11) is 1.64. The Bertz CT molecular complexity index is 626. The lowest BCUT2D eigenvalue weighted by Gasteiger charge is -2.11. The molecule has 2 rings (SSSR count). The van der Waals surface area contributed by atoms with Crippen molar-refractivity contribution in [3.05, 3.63) is 30.5 Å². The number of fused-ring (bicyclic) bond motifs is 1. The van der Waals surface area contributed by atoms with Crippen molar-refractivity contribution < 1.29 is 9.53 Å². The molecule has 0 spiro atoms. The summed E-state index contributed by atoms with van der Waals surface area (Å²) in [5.41, 5.74) is 0. The molecule has 0 radical (unpaired) electrons. The molecule has 2 N–H and O–H groups in total. The Morgan fingerprint density at radius 2 is 2.10 bits per heavy atom. The van der Waals surface area contributed by atoms with Crippen LogP contribution in [-0.4, -0.2) is 31.1 Å². The van der Waals surface area contributed by atoms with Crippen molar-refractivity contribution in [3.63, 3.8) is 0 Å². The molecule has 0 saturated carbocycles. The van der Waals surface area contributed by atoms with Crippen LogP contribution in [0.2, 0.25) is 0 Å². The third kappa shape index (κ3) is 3.84. The first-order chi connectivity index (χ1) is 10.1. The molecule has 0 unspecified atom stereocenters. The second-order valence-electron chi connectivity index (χ2n) is 5.27. The van der Waals surface area contributed by atoms with Crippen molar-refractivity contribution in [2.75, 3.05) is 25.5 Å². The predicted molar refractivity (Wildman–Crippen MR) is 84.6 cm³/mol. The number of anilines is 1. The normalized spacial score (nSPS) is 10.7. The third-order valence-corrected chi connectivity index (χ3v) is 3.11. The van der Waals surface area contributed by atoms with Crippen LogP contribution in [-0.2, 0) is 4.79 Å². The molecular weight excluding hydrogens is 266 g/mol. The maximum absolute atomic E-state index is 11.8. The third-order valence-electron chi connectivity index (χ3n) is 3.11. The fraction of sp³-hybridized carbons (Fsp3) is 0.375. The van der Waals surface area contributed by atoms with Gasteiger partial charge < -0.3 is 15.4 Å². The number of carbonyl (C=O) groups excluding carboxylic acids is 1. The molecule has 0 atom stereocenters. The quantitative estimate of drug-likeness (QED) is 0.856. The van der Waals surface area contributed by atoms with Crippen LogP contribution in [0, 0.1) is 5.92 Å². The molecule has 2 aromatic rings. The van der Waals surface area contributed by atoms with Crippen LogP contribution in [0.1, 0.15) is 13.8 Å². The van der Waals surface area contributed by atoms with E-state index in [9.17, 15) is 4.79 Å². The van der Waals surface area contributed by atoms with E-state index in [-0.39, 0.29) is 12.5 Å². The van der Waals surface area contributed by atoms with Gasteiger partial charge in [0.05, 0.1) is 13.7 Å². The van der Waals surface area contributed by atoms with Crippen LogP contribution in [0.15, 0.2) is 30.5 Å². The molecule has 0 fully saturated rings. The van der Waals surface area contributed by atoms with E-state index in [4.69, 9.17) is 4.74 Å². The van der Waals surface area contributed by atoms with Crippen LogP contribution < -0.4 is 15.4 Å². The molecule has 21 heavy (non-hydrogen) atoms. The Balaban J connectivity index is 2.10. The van der Waals surface area contributed by atoms with Gasteiger partial charge in [-0.25, -0.2) is 4.98 Å². The number of methoxy groups -OCH3 is 1. The van der Waals surface area contributed by atoms with Gasteiger partial charge in [0.2, 0.25) is 5.91 Å². The van der Waals surface area contributed by atoms with Gasteiger partial charge in [-0.3, -0.25) is 4.79 Å². The van der Waals surface area contributed by atoms with Crippen molar-refractivity contribution >= 4 is 22.5 Å². The van der Waals surface area contributed by atoms with Gasteiger partial charge in [0.25, 0.3) is 0 Å². The highest BCUT2D eigenvalue weighted by Gasteiger charge is 2.08. The number of hydrogen-bond acceptors (Lipinski definition) is 4. The molecule has 1 amide bonds. The van der Waals surface area contributed by atoms with Crippen LogP contribution in [0.5, 0.6) is 5.75 Å². The first-order valence-corrected chi connectivity index (χ1v) is 7.04. The fourth-order valence-corrected chi connectivity index (χ4v) is 2.04. The maximum Gasteiger partial charge on any atom is 0.239 e. The summed E-state index contributed by atoms with van der Waals surface area (Å²) in [5, 5.41) is 7.86. The van der Waals surface area contributed by atoms with Gasteiger partial charge in [-0.05, 0) is 18.1 Å². The Labute approximate surface area is 124 Å². The van der Waals surface area contributed by atoms with E-state index >= 15 is 0 Å². The van der Waals surface area contributed by atoms with Crippen LogP contribution in [0.25, 0.3) is 10.8 Å². The molecule has 1 aromatic carbocycles. The number of rotatable bonds is 6. The van der Waals surface area contributed by atoms with Gasteiger partial charge in [-0.15, -0.1) is 0 Å². The van der Waals surface area contributed by atoms with Gasteiger partial charge in [-0.2, -0.15) is 0 Å². The number of carbonyl (C=O) groups is 1. The maximum atomic E-state index is 11.8. The lowest BCUT2D eigenvalue weighted by atomic mass is 10.1. The van der Waals surface area contributed by atoms with Crippen molar-refractivity contribution in [1.29, 1.82) is 0 Å². The molecule has 5 heteroatoms. The molecule has 0 saturated heterocycles. The molecule has 1 heterocycles. The van der Waals surface area contributed by atoms with E-state index in [0.717, 1.165) is 16.5 Å². The summed E-state index contributed by atoms with van der Waals surface area (Å²) in [6, 6.07) is 7.67. The van der Waals surface area contributed by atoms with E-state index in [1.165, 1.54) is 0 Å². The first kappa shape index (κ1) is 15.1. The van der Waals surface area contributed by atoms with Gasteiger partial charge in [0.1, 0.15) is 11.6 Å². The Morgan fingerprint density at radius 3 is 2.81 bits per heavy atom. The summed E-state index contributed by atoms with van der Waals surface area (Å²) >= 11 is 0. The molecular formula is C16H21N3O2. The zero-order valence-electron chi connectivity index (χ0n) is 12.6. The summed E-state index contributed by atoms with van der Waals surface area (Å²) < 4.78 is 5.34. The number of nitrogens with one attached hydrogen (secondary N) is 2. The molecule has 0 aliphatic carbocycles. The first-order valence-electron chi connectivity index (χ1n) is 7.04. The minimum Gasteiger partial charge on any atom is -0.496 e. The number of hydrogen-bond donors (Lipinski definition) is 2. The lowest BCUT2D eigenvalue weighted by Crippen LogP contribution is -2.32. The topological polar surface area (TPSA) is 63.2 Å². The lowest BCUT2D eigenvalue weighted by molar-refractivity contribution is -0.119. The highest BCUT2D eigenvalue weighted by Crippen LogP contribution is 2.28. The number of benzene rings is 1. The zero-order chi connectivity index (χ0) is 15.2. The monoisotopic (exact) mass is 287 g/mol. The number of aromatic nitrogens is 1. The molecule has 1 aromatic heterocycles. The predicted octanol–water partition coefficient (Wildman–Crippen LogP) is 2.43. The minimum absolute atomic E-state index is 0.0367. The minimum atomic E-state index is -0.0367. The average molecular weight is 287 g/mol. The standard InChI is InChI=1S/C16H21N3O2/c1-11(2)9-18-15(20)10-19-16-13-5-4-6-14(21-3)12(13)7-8-17-16/h4-8,11H,9-10H2,1-3H3,(H,17,19)(H,18,20). The average Bonchev–Trinajstić information content (AvgIpc) is 2.50. The van der Waals surface area contributed by atoms with Gasteiger partial charge >= 0.3 is 0 Å². The SMILES string of the molecule is COc1cccc2c(NCC(=O)NCC(C)C)nccc12. The number of ether oxygens (including phenoxy) is 1. The second-order valence-corrected chi connectivity index (χ2v) is 5.27. The number of nitrogens with zero attached hydrogens (tertiary/aromatic N) is 1. The number of pyridine rings is 1. The highest BCUT2D eigenvalue weighted by atomic mass is 16.5. The van der Waals surface area contributed by atoms with Gasteiger partial charge in [0.15, 0.2) is 0 Å². The summed E-state index contributed by atoms with van der Waals surface area (Å²) in [4.78, 5) is 16.1. The molecule has 0 aliphatic rings. The van der Waals surface area contributed by atoms with Crippen molar-refractivity contribution in [2.45, 2.75) is 13.8 Å². The van der Waals surface area contributed by atoms with E-state index in [1.54, 1.807) is 13.3 Å². The van der Waals surface area contributed by atoms with E-state index in [2.05, 4.69) is 29.5 Å². The molecule has 5 nitrogen and oxygen atoms in total. The Kier molecular flexibility index (Phi) is 4.98. The van der Waals surface area contributed by atoms with Gasteiger partial charge in [-0.1, -0.05) is 26.0 Å². The van der Waals surface area contributed by atoms with E-state index in [0.29, 0.717) is 18.3 Å². The van der Waals surface area contributed by atoms with Crippen molar-refractivity contribution in [3.8, 4) is 5.75 Å². The molecule has 112 valence electrons. The molecule has 0 bridgehead atoms. The van der Waals surface area contributed by atoms with Crippen molar-refractivity contribution in [1.82, 2.24) is 10.3 Å². The smallest absolute Gasteiger partial charge is 0.239 e. The largest absolute Gasteiger partial charge is 0.496 e. The zero-order valence-corrected chi connectivity index (χ0v) is 12.6.